The quantitative estimate of drug-likeness (QED) is 0.850. The molecule has 0 aliphatic rings. The predicted octanol–water partition coefficient (Wildman–Crippen LogP) is 2.33. The fourth-order valence-electron chi connectivity index (χ4n) is 1.95. The van der Waals surface area contributed by atoms with Crippen LogP contribution in [-0.2, 0) is 4.79 Å². The average molecular weight is 234 g/mol. The van der Waals surface area contributed by atoms with E-state index in [1.807, 2.05) is 49.9 Å². The standard InChI is InChI=1S/C14H22N2O/c1-4-16(14(17)12(3)9-10-15)13-8-6-5-7-11(13)2/h5-8,12H,4,9-10,15H2,1-3H3. The van der Waals surface area contributed by atoms with Gasteiger partial charge >= 0.3 is 0 Å². The zero-order valence-corrected chi connectivity index (χ0v) is 10.9. The summed E-state index contributed by atoms with van der Waals surface area (Å²) in [6.07, 6.45) is 0.737. The topological polar surface area (TPSA) is 46.3 Å². The van der Waals surface area contributed by atoms with Gasteiger partial charge in [-0.05, 0) is 38.4 Å². The fraction of sp³-hybridized carbons (Fsp3) is 0.500. The molecule has 94 valence electrons. The minimum atomic E-state index is -0.0143. The molecule has 0 saturated heterocycles. The molecule has 2 N–H and O–H groups in total. The van der Waals surface area contributed by atoms with Crippen molar-refractivity contribution in [2.24, 2.45) is 11.7 Å². The third-order valence-electron chi connectivity index (χ3n) is 3.01. The lowest BCUT2D eigenvalue weighted by Crippen LogP contribution is -2.36. The molecule has 0 saturated carbocycles. The van der Waals surface area contributed by atoms with Crippen molar-refractivity contribution in [1.29, 1.82) is 0 Å². The van der Waals surface area contributed by atoms with Gasteiger partial charge in [0.05, 0.1) is 0 Å². The number of nitrogens with zero attached hydrogens (tertiary/aromatic N) is 1. The molecule has 0 spiro atoms. The molecule has 0 aromatic heterocycles. The van der Waals surface area contributed by atoms with E-state index in [-0.39, 0.29) is 11.8 Å². The van der Waals surface area contributed by atoms with Crippen LogP contribution >= 0.6 is 0 Å². The Bertz CT molecular complexity index is 376. The summed E-state index contributed by atoms with van der Waals surface area (Å²) < 4.78 is 0. The van der Waals surface area contributed by atoms with E-state index in [9.17, 15) is 4.79 Å². The summed E-state index contributed by atoms with van der Waals surface area (Å²) in [6.45, 7) is 7.21. The first-order valence-corrected chi connectivity index (χ1v) is 6.18. The maximum absolute atomic E-state index is 12.3. The number of rotatable bonds is 5. The van der Waals surface area contributed by atoms with Gasteiger partial charge in [-0.2, -0.15) is 0 Å². The molecule has 0 aliphatic carbocycles. The Kier molecular flexibility index (Phi) is 5.16. The van der Waals surface area contributed by atoms with E-state index in [0.29, 0.717) is 13.1 Å². The molecule has 1 rings (SSSR count). The Labute approximate surface area is 104 Å². The second kappa shape index (κ2) is 6.40. The van der Waals surface area contributed by atoms with Crippen LogP contribution in [0.3, 0.4) is 0 Å². The highest BCUT2D eigenvalue weighted by Crippen LogP contribution is 2.21. The van der Waals surface area contributed by atoms with Crippen LogP contribution < -0.4 is 10.6 Å². The Morgan fingerprint density at radius 3 is 2.59 bits per heavy atom. The van der Waals surface area contributed by atoms with E-state index >= 15 is 0 Å². The zero-order chi connectivity index (χ0) is 12.8. The molecule has 0 radical (unpaired) electrons. The minimum Gasteiger partial charge on any atom is -0.330 e. The number of carbonyl (C=O) groups excluding carboxylic acids is 1. The van der Waals surface area contributed by atoms with Crippen LogP contribution in [-0.4, -0.2) is 19.0 Å². The molecule has 3 nitrogen and oxygen atoms in total. The number of para-hydroxylation sites is 1. The molecule has 0 aliphatic heterocycles. The average Bonchev–Trinajstić information content (AvgIpc) is 2.32. The number of anilines is 1. The lowest BCUT2D eigenvalue weighted by atomic mass is 10.1. The lowest BCUT2D eigenvalue weighted by molar-refractivity contribution is -0.122. The third kappa shape index (κ3) is 3.30. The van der Waals surface area contributed by atoms with Crippen LogP contribution in [0.1, 0.15) is 25.8 Å². The van der Waals surface area contributed by atoms with Gasteiger partial charge in [-0.25, -0.2) is 0 Å². The molecule has 1 atom stereocenters. The number of amides is 1. The monoisotopic (exact) mass is 234 g/mol. The number of nitrogens with two attached hydrogens (primary N) is 1. The van der Waals surface area contributed by atoms with E-state index in [1.165, 1.54) is 0 Å². The molecule has 17 heavy (non-hydrogen) atoms. The first-order chi connectivity index (χ1) is 8.11. The van der Waals surface area contributed by atoms with Crippen molar-refractivity contribution in [3.63, 3.8) is 0 Å². The Morgan fingerprint density at radius 1 is 1.41 bits per heavy atom. The van der Waals surface area contributed by atoms with Gasteiger partial charge in [0.2, 0.25) is 5.91 Å². The maximum Gasteiger partial charge on any atom is 0.229 e. The Morgan fingerprint density at radius 2 is 2.06 bits per heavy atom. The number of carbonyl (C=O) groups is 1. The van der Waals surface area contributed by atoms with Crippen molar-refractivity contribution < 1.29 is 4.79 Å². The maximum atomic E-state index is 12.3. The highest BCUT2D eigenvalue weighted by molar-refractivity contribution is 5.95. The van der Waals surface area contributed by atoms with Gasteiger partial charge in [0, 0.05) is 18.2 Å². The van der Waals surface area contributed by atoms with Crippen molar-refractivity contribution >= 4 is 11.6 Å². The van der Waals surface area contributed by atoms with Crippen LogP contribution in [0.25, 0.3) is 0 Å². The van der Waals surface area contributed by atoms with Gasteiger partial charge in [-0.1, -0.05) is 25.1 Å². The molecule has 3 heteroatoms. The summed E-state index contributed by atoms with van der Waals surface area (Å²) >= 11 is 0. The zero-order valence-electron chi connectivity index (χ0n) is 10.9. The van der Waals surface area contributed by atoms with Gasteiger partial charge in [-0.3, -0.25) is 4.79 Å². The van der Waals surface area contributed by atoms with Crippen molar-refractivity contribution in [2.45, 2.75) is 27.2 Å². The third-order valence-corrected chi connectivity index (χ3v) is 3.01. The molecule has 0 heterocycles. The molecule has 1 aromatic rings. The molecule has 1 aromatic carbocycles. The smallest absolute Gasteiger partial charge is 0.229 e. The number of benzene rings is 1. The SMILES string of the molecule is CCN(C(=O)C(C)CCN)c1ccccc1C. The molecule has 0 bridgehead atoms. The van der Waals surface area contributed by atoms with Crippen LogP contribution in [0.4, 0.5) is 5.69 Å². The van der Waals surface area contributed by atoms with Crippen LogP contribution in [0, 0.1) is 12.8 Å². The van der Waals surface area contributed by atoms with Gasteiger partial charge in [0.25, 0.3) is 0 Å². The second-order valence-electron chi connectivity index (χ2n) is 4.35. The van der Waals surface area contributed by atoms with Crippen LogP contribution in [0.15, 0.2) is 24.3 Å². The molecule has 1 amide bonds. The highest BCUT2D eigenvalue weighted by Gasteiger charge is 2.20. The number of hydrogen-bond acceptors (Lipinski definition) is 2. The van der Waals surface area contributed by atoms with Gasteiger partial charge in [0.15, 0.2) is 0 Å². The van der Waals surface area contributed by atoms with Crippen LogP contribution in [0.5, 0.6) is 0 Å². The largest absolute Gasteiger partial charge is 0.330 e. The van der Waals surface area contributed by atoms with Gasteiger partial charge < -0.3 is 10.6 Å². The van der Waals surface area contributed by atoms with E-state index < -0.39 is 0 Å². The van der Waals surface area contributed by atoms with Crippen molar-refractivity contribution in [3.8, 4) is 0 Å². The van der Waals surface area contributed by atoms with E-state index in [4.69, 9.17) is 5.73 Å². The van der Waals surface area contributed by atoms with E-state index in [2.05, 4.69) is 0 Å². The van der Waals surface area contributed by atoms with E-state index in [0.717, 1.165) is 17.7 Å². The first kappa shape index (κ1) is 13.7. The summed E-state index contributed by atoms with van der Waals surface area (Å²) in [6, 6.07) is 7.97. The summed E-state index contributed by atoms with van der Waals surface area (Å²) in [5.74, 6) is 0.145. The van der Waals surface area contributed by atoms with Gasteiger partial charge in [-0.15, -0.1) is 0 Å². The number of hydrogen-bond donors (Lipinski definition) is 1. The lowest BCUT2D eigenvalue weighted by Gasteiger charge is -2.25. The van der Waals surface area contributed by atoms with Crippen LogP contribution in [0.2, 0.25) is 0 Å². The Balaban J connectivity index is 2.92. The second-order valence-corrected chi connectivity index (χ2v) is 4.35. The minimum absolute atomic E-state index is 0.0143. The Hall–Kier alpha value is -1.35. The van der Waals surface area contributed by atoms with Crippen molar-refractivity contribution in [2.75, 3.05) is 18.0 Å². The fourth-order valence-corrected chi connectivity index (χ4v) is 1.95. The summed E-state index contributed by atoms with van der Waals surface area (Å²) in [4.78, 5) is 14.1. The number of aryl methyl sites for hydroxylation is 1. The van der Waals surface area contributed by atoms with Crippen molar-refractivity contribution in [1.82, 2.24) is 0 Å². The first-order valence-electron chi connectivity index (χ1n) is 6.18. The van der Waals surface area contributed by atoms with E-state index in [1.54, 1.807) is 0 Å². The molecular formula is C14H22N2O. The molecule has 0 fully saturated rings. The summed E-state index contributed by atoms with van der Waals surface area (Å²) in [5.41, 5.74) is 7.64. The van der Waals surface area contributed by atoms with Gasteiger partial charge in [0.1, 0.15) is 0 Å². The summed E-state index contributed by atoms with van der Waals surface area (Å²) in [7, 11) is 0. The highest BCUT2D eigenvalue weighted by atomic mass is 16.2. The summed E-state index contributed by atoms with van der Waals surface area (Å²) in [5, 5.41) is 0. The molecule has 1 unspecified atom stereocenters. The predicted molar refractivity (Wildman–Crippen MR) is 72.0 cm³/mol. The molecular weight excluding hydrogens is 212 g/mol. The normalized spacial score (nSPS) is 12.2. The van der Waals surface area contributed by atoms with Crippen molar-refractivity contribution in [3.05, 3.63) is 29.8 Å².